The molecule has 7 nitrogen and oxygen atoms in total. The normalized spacial score (nSPS) is 15.3. The SMILES string of the molecule is CCOC(=O)N1CCC(n2ccc3c(NC(=O)C(C)c4ccccc4)cccc3c2=O)CC1. The van der Waals surface area contributed by atoms with Crippen LogP contribution < -0.4 is 10.9 Å². The Hall–Kier alpha value is -3.61. The van der Waals surface area contributed by atoms with Gasteiger partial charge >= 0.3 is 6.09 Å². The standard InChI is InChI=1S/C26H29N3O4/c1-3-33-26(32)28-15-12-20(13-16-28)29-17-14-21-22(25(29)31)10-7-11-23(21)27-24(30)18(2)19-8-5-4-6-9-19/h4-11,14,17-18,20H,3,12-13,15-16H2,1-2H3,(H,27,30). The topological polar surface area (TPSA) is 80.6 Å². The van der Waals surface area contributed by atoms with E-state index >= 15 is 0 Å². The highest BCUT2D eigenvalue weighted by Crippen LogP contribution is 2.26. The Kier molecular flexibility index (Phi) is 6.77. The summed E-state index contributed by atoms with van der Waals surface area (Å²) in [4.78, 5) is 39.8. The summed E-state index contributed by atoms with van der Waals surface area (Å²) < 4.78 is 6.83. The predicted molar refractivity (Wildman–Crippen MR) is 129 cm³/mol. The van der Waals surface area contributed by atoms with Gasteiger partial charge in [0.05, 0.1) is 12.5 Å². The molecule has 1 unspecified atom stereocenters. The Morgan fingerprint density at radius 3 is 2.45 bits per heavy atom. The first-order chi connectivity index (χ1) is 16.0. The number of carbonyl (C=O) groups is 2. The number of rotatable bonds is 5. The lowest BCUT2D eigenvalue weighted by Crippen LogP contribution is -2.41. The van der Waals surface area contributed by atoms with Crippen molar-refractivity contribution in [2.45, 2.75) is 38.6 Å². The first-order valence-electron chi connectivity index (χ1n) is 11.4. The van der Waals surface area contributed by atoms with Crippen LogP contribution in [0.25, 0.3) is 10.8 Å². The molecule has 1 saturated heterocycles. The van der Waals surface area contributed by atoms with E-state index in [1.54, 1.807) is 34.7 Å². The second-order valence-corrected chi connectivity index (χ2v) is 8.33. The van der Waals surface area contributed by atoms with Crippen LogP contribution in [0, 0.1) is 0 Å². The van der Waals surface area contributed by atoms with Gasteiger partial charge in [-0.25, -0.2) is 4.79 Å². The zero-order valence-corrected chi connectivity index (χ0v) is 19.0. The molecule has 2 amide bonds. The van der Waals surface area contributed by atoms with Crippen LogP contribution in [0.15, 0.2) is 65.6 Å². The Morgan fingerprint density at radius 2 is 1.76 bits per heavy atom. The molecule has 33 heavy (non-hydrogen) atoms. The van der Waals surface area contributed by atoms with Crippen LogP contribution in [-0.2, 0) is 9.53 Å². The number of nitrogens with one attached hydrogen (secondary N) is 1. The minimum Gasteiger partial charge on any atom is -0.450 e. The lowest BCUT2D eigenvalue weighted by Gasteiger charge is -2.32. The van der Waals surface area contributed by atoms with Gasteiger partial charge in [-0.1, -0.05) is 36.4 Å². The molecule has 1 N–H and O–H groups in total. The summed E-state index contributed by atoms with van der Waals surface area (Å²) in [6.07, 6.45) is 2.88. The number of hydrogen-bond acceptors (Lipinski definition) is 4. The molecule has 0 radical (unpaired) electrons. The van der Waals surface area contributed by atoms with E-state index in [-0.39, 0.29) is 29.5 Å². The van der Waals surface area contributed by atoms with Crippen molar-refractivity contribution in [2.24, 2.45) is 0 Å². The Labute approximate surface area is 193 Å². The van der Waals surface area contributed by atoms with Crippen LogP contribution in [0.5, 0.6) is 0 Å². The summed E-state index contributed by atoms with van der Waals surface area (Å²) in [5.41, 5.74) is 1.47. The molecule has 0 bridgehead atoms. The van der Waals surface area contributed by atoms with Gasteiger partial charge in [0.25, 0.3) is 5.56 Å². The number of anilines is 1. The fourth-order valence-electron chi connectivity index (χ4n) is 4.36. The molecule has 3 aromatic rings. The van der Waals surface area contributed by atoms with E-state index in [0.29, 0.717) is 43.6 Å². The third kappa shape index (κ3) is 4.77. The molecule has 1 atom stereocenters. The Morgan fingerprint density at radius 1 is 1.03 bits per heavy atom. The number of carbonyl (C=O) groups excluding carboxylic acids is 2. The van der Waals surface area contributed by atoms with Crippen LogP contribution in [-0.4, -0.2) is 41.2 Å². The van der Waals surface area contributed by atoms with Gasteiger partial charge in [-0.2, -0.15) is 0 Å². The Bertz CT molecular complexity index is 1200. The number of nitrogens with zero attached hydrogens (tertiary/aromatic N) is 2. The molecular weight excluding hydrogens is 418 g/mol. The third-order valence-corrected chi connectivity index (χ3v) is 6.31. The van der Waals surface area contributed by atoms with Crippen LogP contribution in [0.3, 0.4) is 0 Å². The fourth-order valence-corrected chi connectivity index (χ4v) is 4.36. The maximum atomic E-state index is 13.3. The number of ether oxygens (including phenoxy) is 1. The van der Waals surface area contributed by atoms with Crippen LogP contribution >= 0.6 is 0 Å². The van der Waals surface area contributed by atoms with Crippen LogP contribution in [0.4, 0.5) is 10.5 Å². The van der Waals surface area contributed by atoms with Crippen molar-refractivity contribution in [1.29, 1.82) is 0 Å². The summed E-state index contributed by atoms with van der Waals surface area (Å²) in [7, 11) is 0. The molecule has 1 fully saturated rings. The summed E-state index contributed by atoms with van der Waals surface area (Å²) in [6, 6.07) is 16.9. The largest absolute Gasteiger partial charge is 0.450 e. The highest BCUT2D eigenvalue weighted by atomic mass is 16.6. The summed E-state index contributed by atoms with van der Waals surface area (Å²) in [6.45, 7) is 5.12. The van der Waals surface area contributed by atoms with Crippen molar-refractivity contribution in [2.75, 3.05) is 25.0 Å². The van der Waals surface area contributed by atoms with Gasteiger partial charge in [0.2, 0.25) is 5.91 Å². The Balaban J connectivity index is 1.53. The van der Waals surface area contributed by atoms with Crippen LogP contribution in [0.2, 0.25) is 0 Å². The molecule has 0 aliphatic carbocycles. The number of benzene rings is 2. The number of hydrogen-bond donors (Lipinski definition) is 1. The van der Waals surface area contributed by atoms with E-state index in [0.717, 1.165) is 10.9 Å². The first kappa shape index (κ1) is 22.6. The van der Waals surface area contributed by atoms with Crippen molar-refractivity contribution < 1.29 is 14.3 Å². The zero-order valence-electron chi connectivity index (χ0n) is 19.0. The van der Waals surface area contributed by atoms with Crippen molar-refractivity contribution in [3.8, 4) is 0 Å². The highest BCUT2D eigenvalue weighted by molar-refractivity contribution is 6.03. The van der Waals surface area contributed by atoms with Crippen molar-refractivity contribution in [1.82, 2.24) is 9.47 Å². The number of likely N-dealkylation sites (tertiary alicyclic amines) is 1. The minimum atomic E-state index is -0.314. The molecule has 1 aromatic heterocycles. The molecule has 172 valence electrons. The number of amides is 2. The highest BCUT2D eigenvalue weighted by Gasteiger charge is 2.25. The summed E-state index contributed by atoms with van der Waals surface area (Å²) in [5.74, 6) is -0.435. The monoisotopic (exact) mass is 447 g/mol. The number of fused-ring (bicyclic) bond motifs is 1. The van der Waals surface area contributed by atoms with Gasteiger partial charge in [0.1, 0.15) is 0 Å². The predicted octanol–water partition coefficient (Wildman–Crippen LogP) is 4.54. The summed E-state index contributed by atoms with van der Waals surface area (Å²) >= 11 is 0. The lowest BCUT2D eigenvalue weighted by molar-refractivity contribution is -0.117. The molecule has 1 aliphatic heterocycles. The van der Waals surface area contributed by atoms with Crippen molar-refractivity contribution in [3.05, 3.63) is 76.7 Å². The van der Waals surface area contributed by atoms with Crippen molar-refractivity contribution >= 4 is 28.5 Å². The number of piperidine rings is 1. The van der Waals surface area contributed by atoms with Gasteiger partial charge in [0, 0.05) is 41.8 Å². The van der Waals surface area contributed by atoms with Gasteiger partial charge in [-0.05, 0) is 50.5 Å². The maximum Gasteiger partial charge on any atom is 0.409 e. The molecule has 7 heteroatoms. The van der Waals surface area contributed by atoms with Gasteiger partial charge in [-0.3, -0.25) is 9.59 Å². The average molecular weight is 448 g/mol. The smallest absolute Gasteiger partial charge is 0.409 e. The van der Waals surface area contributed by atoms with E-state index < -0.39 is 0 Å². The van der Waals surface area contributed by atoms with E-state index in [1.807, 2.05) is 49.4 Å². The lowest BCUT2D eigenvalue weighted by atomic mass is 10.00. The van der Waals surface area contributed by atoms with Gasteiger partial charge in [0.15, 0.2) is 0 Å². The molecule has 2 aromatic carbocycles. The number of aromatic nitrogens is 1. The zero-order chi connectivity index (χ0) is 23.4. The second-order valence-electron chi connectivity index (χ2n) is 8.33. The second kappa shape index (κ2) is 9.90. The fraction of sp³-hybridized carbons (Fsp3) is 0.346. The molecule has 4 rings (SSSR count). The maximum absolute atomic E-state index is 13.3. The quantitative estimate of drug-likeness (QED) is 0.623. The van der Waals surface area contributed by atoms with Crippen molar-refractivity contribution in [3.63, 3.8) is 0 Å². The minimum absolute atomic E-state index is 0.0175. The molecule has 2 heterocycles. The average Bonchev–Trinajstić information content (AvgIpc) is 2.85. The molecule has 1 aliphatic rings. The van der Waals surface area contributed by atoms with E-state index in [9.17, 15) is 14.4 Å². The van der Waals surface area contributed by atoms with E-state index in [4.69, 9.17) is 4.74 Å². The summed E-state index contributed by atoms with van der Waals surface area (Å²) in [5, 5.41) is 4.28. The molecule has 0 saturated carbocycles. The molecule has 0 spiro atoms. The third-order valence-electron chi connectivity index (χ3n) is 6.31. The molecular formula is C26H29N3O4. The van der Waals surface area contributed by atoms with E-state index in [2.05, 4.69) is 5.32 Å². The van der Waals surface area contributed by atoms with Crippen LogP contribution in [0.1, 0.15) is 44.2 Å². The van der Waals surface area contributed by atoms with Gasteiger partial charge < -0.3 is 19.5 Å². The van der Waals surface area contributed by atoms with Gasteiger partial charge in [-0.15, -0.1) is 0 Å². The first-order valence-corrected chi connectivity index (χ1v) is 11.4. The number of pyridine rings is 1. The van der Waals surface area contributed by atoms with E-state index in [1.165, 1.54) is 0 Å².